The van der Waals surface area contributed by atoms with Crippen molar-refractivity contribution < 1.29 is 9.53 Å². The lowest BCUT2D eigenvalue weighted by molar-refractivity contribution is -0.118. The molecule has 0 saturated heterocycles. The van der Waals surface area contributed by atoms with Gasteiger partial charge in [0.25, 0.3) is 5.91 Å². The van der Waals surface area contributed by atoms with Crippen LogP contribution in [-0.2, 0) is 17.9 Å². The van der Waals surface area contributed by atoms with Gasteiger partial charge in [0, 0.05) is 31.2 Å². The highest BCUT2D eigenvalue weighted by atomic mass is 16.5. The summed E-state index contributed by atoms with van der Waals surface area (Å²) >= 11 is 0. The number of nitrogens with one attached hydrogen (secondary N) is 2. The molecule has 0 aliphatic carbocycles. The van der Waals surface area contributed by atoms with Gasteiger partial charge in [-0.2, -0.15) is 0 Å². The van der Waals surface area contributed by atoms with E-state index in [0.717, 1.165) is 37.3 Å². The van der Waals surface area contributed by atoms with Crippen molar-refractivity contribution in [3.8, 4) is 5.75 Å². The second kappa shape index (κ2) is 10.3. The van der Waals surface area contributed by atoms with Crippen molar-refractivity contribution in [1.82, 2.24) is 14.9 Å². The fraction of sp³-hybridized carbons (Fsp3) is 0.273. The predicted octanol–water partition coefficient (Wildman–Crippen LogP) is 3.39. The third kappa shape index (κ3) is 6.55. The highest BCUT2D eigenvalue weighted by Gasteiger charge is 2.04. The van der Waals surface area contributed by atoms with Crippen LogP contribution >= 0.6 is 0 Å². The fourth-order valence-corrected chi connectivity index (χ4v) is 2.72. The number of anilines is 1. The summed E-state index contributed by atoms with van der Waals surface area (Å²) in [6.45, 7) is 4.70. The molecule has 146 valence electrons. The Labute approximate surface area is 165 Å². The van der Waals surface area contributed by atoms with Crippen LogP contribution in [0.4, 0.5) is 5.69 Å². The van der Waals surface area contributed by atoms with E-state index in [1.54, 1.807) is 6.20 Å². The van der Waals surface area contributed by atoms with Crippen LogP contribution in [0.1, 0.15) is 17.5 Å². The van der Waals surface area contributed by atoms with Gasteiger partial charge in [0.1, 0.15) is 5.75 Å². The summed E-state index contributed by atoms with van der Waals surface area (Å²) in [5.41, 5.74) is 3.11. The molecule has 0 radical (unpaired) electrons. The zero-order valence-corrected chi connectivity index (χ0v) is 16.1. The quantitative estimate of drug-likeness (QED) is 0.531. The topological polar surface area (TPSA) is 68.2 Å². The number of nitrogens with zero attached hydrogens (tertiary/aromatic N) is 2. The molecular formula is C22H26N4O2. The second-order valence-electron chi connectivity index (χ2n) is 6.68. The lowest BCUT2D eigenvalue weighted by atomic mass is 10.2. The van der Waals surface area contributed by atoms with Crippen molar-refractivity contribution in [3.63, 3.8) is 0 Å². The van der Waals surface area contributed by atoms with Crippen LogP contribution in [0, 0.1) is 6.92 Å². The van der Waals surface area contributed by atoms with Crippen LogP contribution in [0.3, 0.4) is 0 Å². The summed E-state index contributed by atoms with van der Waals surface area (Å²) in [5, 5.41) is 6.25. The number of amides is 1. The molecule has 1 amide bonds. The highest BCUT2D eigenvalue weighted by Crippen LogP contribution is 2.13. The molecule has 1 heterocycles. The first-order valence-corrected chi connectivity index (χ1v) is 9.44. The minimum Gasteiger partial charge on any atom is -0.484 e. The van der Waals surface area contributed by atoms with Gasteiger partial charge in [0.05, 0.1) is 6.33 Å². The molecule has 0 aliphatic heterocycles. The van der Waals surface area contributed by atoms with Crippen molar-refractivity contribution in [1.29, 1.82) is 0 Å². The Kier molecular flexibility index (Phi) is 7.21. The van der Waals surface area contributed by atoms with Gasteiger partial charge in [-0.05, 0) is 49.7 Å². The van der Waals surface area contributed by atoms with Crippen molar-refractivity contribution in [2.24, 2.45) is 0 Å². The number of aryl methyl sites for hydroxylation is 2. The third-order valence-electron chi connectivity index (χ3n) is 4.29. The van der Waals surface area contributed by atoms with Crippen LogP contribution in [0.25, 0.3) is 0 Å². The molecule has 0 fully saturated rings. The highest BCUT2D eigenvalue weighted by molar-refractivity contribution is 5.91. The van der Waals surface area contributed by atoms with E-state index >= 15 is 0 Å². The molecule has 0 atom stereocenters. The van der Waals surface area contributed by atoms with Gasteiger partial charge < -0.3 is 19.9 Å². The van der Waals surface area contributed by atoms with Crippen LogP contribution in [0.15, 0.2) is 67.3 Å². The first-order chi connectivity index (χ1) is 13.7. The average Bonchev–Trinajstić information content (AvgIpc) is 3.22. The van der Waals surface area contributed by atoms with Gasteiger partial charge in [0.2, 0.25) is 0 Å². The van der Waals surface area contributed by atoms with Crippen molar-refractivity contribution >= 4 is 11.6 Å². The Morgan fingerprint density at radius 2 is 1.89 bits per heavy atom. The van der Waals surface area contributed by atoms with E-state index in [1.807, 2.05) is 68.0 Å². The van der Waals surface area contributed by atoms with Gasteiger partial charge in [0.15, 0.2) is 6.61 Å². The zero-order chi connectivity index (χ0) is 19.6. The van der Waals surface area contributed by atoms with Crippen LogP contribution in [0.2, 0.25) is 0 Å². The molecular weight excluding hydrogens is 352 g/mol. The van der Waals surface area contributed by atoms with E-state index in [-0.39, 0.29) is 12.5 Å². The standard InChI is InChI=1S/C22H26N4O2/c1-18-3-7-20(8-4-18)25-22(27)16-28-21-9-5-19(6-10-21)15-23-11-2-13-26-14-12-24-17-26/h3-10,12,14,17,23H,2,11,13,15-16H2,1H3,(H,25,27). The van der Waals surface area contributed by atoms with E-state index < -0.39 is 0 Å². The number of carbonyl (C=O) groups excluding carboxylic acids is 1. The predicted molar refractivity (Wildman–Crippen MR) is 110 cm³/mol. The Morgan fingerprint density at radius 1 is 1.11 bits per heavy atom. The molecule has 1 aromatic heterocycles. The molecule has 0 unspecified atom stereocenters. The summed E-state index contributed by atoms with van der Waals surface area (Å²) in [4.78, 5) is 16.0. The number of carbonyl (C=O) groups is 1. The molecule has 0 bridgehead atoms. The first-order valence-electron chi connectivity index (χ1n) is 9.44. The van der Waals surface area contributed by atoms with Crippen molar-refractivity contribution in [2.45, 2.75) is 26.4 Å². The van der Waals surface area contributed by atoms with Gasteiger partial charge >= 0.3 is 0 Å². The number of benzene rings is 2. The van der Waals surface area contributed by atoms with E-state index in [1.165, 1.54) is 5.56 Å². The SMILES string of the molecule is Cc1ccc(NC(=O)COc2ccc(CNCCCn3ccnc3)cc2)cc1. The molecule has 6 heteroatoms. The Balaban J connectivity index is 1.33. The molecule has 0 spiro atoms. The molecule has 28 heavy (non-hydrogen) atoms. The van der Waals surface area contributed by atoms with Crippen LogP contribution in [-0.4, -0.2) is 28.6 Å². The second-order valence-corrected chi connectivity index (χ2v) is 6.68. The molecule has 0 saturated carbocycles. The summed E-state index contributed by atoms with van der Waals surface area (Å²) in [7, 11) is 0. The monoisotopic (exact) mass is 378 g/mol. The molecule has 3 aromatic rings. The normalized spacial score (nSPS) is 10.6. The molecule has 2 N–H and O–H groups in total. The maximum absolute atomic E-state index is 12.0. The summed E-state index contributed by atoms with van der Waals surface area (Å²) in [5.74, 6) is 0.510. The van der Waals surface area contributed by atoms with Crippen molar-refractivity contribution in [2.75, 3.05) is 18.5 Å². The number of imidazole rings is 1. The molecule has 0 aliphatic rings. The lowest BCUT2D eigenvalue weighted by Gasteiger charge is -2.09. The largest absolute Gasteiger partial charge is 0.484 e. The van der Waals surface area contributed by atoms with Crippen molar-refractivity contribution in [3.05, 3.63) is 78.4 Å². The Hall–Kier alpha value is -3.12. The van der Waals surface area contributed by atoms with Crippen LogP contribution in [0.5, 0.6) is 5.75 Å². The van der Waals surface area contributed by atoms with Crippen LogP contribution < -0.4 is 15.4 Å². The number of rotatable bonds is 10. The van der Waals surface area contributed by atoms with Gasteiger partial charge in [-0.3, -0.25) is 4.79 Å². The molecule has 2 aromatic carbocycles. The Morgan fingerprint density at radius 3 is 2.61 bits per heavy atom. The lowest BCUT2D eigenvalue weighted by Crippen LogP contribution is -2.20. The Bertz CT molecular complexity index is 843. The minimum absolute atomic E-state index is 0.0142. The zero-order valence-electron chi connectivity index (χ0n) is 16.1. The fourth-order valence-electron chi connectivity index (χ4n) is 2.72. The number of hydrogen-bond acceptors (Lipinski definition) is 4. The number of ether oxygens (including phenoxy) is 1. The maximum atomic E-state index is 12.0. The average molecular weight is 378 g/mol. The van der Waals surface area contributed by atoms with E-state index in [2.05, 4.69) is 20.2 Å². The maximum Gasteiger partial charge on any atom is 0.262 e. The van der Waals surface area contributed by atoms with E-state index in [9.17, 15) is 4.79 Å². The summed E-state index contributed by atoms with van der Waals surface area (Å²) in [6.07, 6.45) is 6.65. The smallest absolute Gasteiger partial charge is 0.262 e. The summed E-state index contributed by atoms with van der Waals surface area (Å²) < 4.78 is 7.63. The van der Waals surface area contributed by atoms with E-state index in [4.69, 9.17) is 4.74 Å². The summed E-state index contributed by atoms with van der Waals surface area (Å²) in [6, 6.07) is 15.5. The number of aromatic nitrogens is 2. The first kappa shape index (κ1) is 19.6. The number of hydrogen-bond donors (Lipinski definition) is 2. The van der Waals surface area contributed by atoms with Gasteiger partial charge in [-0.15, -0.1) is 0 Å². The van der Waals surface area contributed by atoms with Gasteiger partial charge in [-0.25, -0.2) is 4.98 Å². The third-order valence-corrected chi connectivity index (χ3v) is 4.29. The molecule has 6 nitrogen and oxygen atoms in total. The van der Waals surface area contributed by atoms with Gasteiger partial charge in [-0.1, -0.05) is 29.8 Å². The molecule has 3 rings (SSSR count). The minimum atomic E-state index is -0.174. The van der Waals surface area contributed by atoms with E-state index in [0.29, 0.717) is 5.75 Å².